The number of aryl methyl sites for hydroxylation is 1. The zero-order valence-electron chi connectivity index (χ0n) is 16.7. The molecule has 3 rings (SSSR count). The number of benzene rings is 1. The third-order valence-corrected chi connectivity index (χ3v) is 5.65. The van der Waals surface area contributed by atoms with Crippen LogP contribution in [0.25, 0.3) is 6.08 Å². The zero-order valence-corrected chi connectivity index (χ0v) is 17.5. The highest BCUT2D eigenvalue weighted by Crippen LogP contribution is 2.13. The van der Waals surface area contributed by atoms with Crippen molar-refractivity contribution in [2.24, 2.45) is 0 Å². The van der Waals surface area contributed by atoms with E-state index in [9.17, 15) is 9.59 Å². The van der Waals surface area contributed by atoms with Crippen molar-refractivity contribution in [1.29, 1.82) is 0 Å². The maximum atomic E-state index is 12.7. The van der Waals surface area contributed by atoms with Crippen LogP contribution in [-0.2, 0) is 9.53 Å². The fraction of sp³-hybridized carbons (Fsp3) is 0.364. The average molecular weight is 415 g/mol. The number of nitrogens with one attached hydrogen (secondary N) is 3. The third-order valence-electron chi connectivity index (χ3n) is 4.83. The molecule has 6 nitrogen and oxygen atoms in total. The van der Waals surface area contributed by atoms with E-state index in [4.69, 9.17) is 4.74 Å². The highest BCUT2D eigenvalue weighted by Gasteiger charge is 2.16. The van der Waals surface area contributed by atoms with E-state index in [0.717, 1.165) is 49.7 Å². The molecule has 1 fully saturated rings. The Bertz CT molecular complexity index is 825. The molecule has 0 atom stereocenters. The van der Waals surface area contributed by atoms with Crippen molar-refractivity contribution < 1.29 is 19.2 Å². The number of carbonyl (C=O) groups excluding carboxylic acids is 2. The summed E-state index contributed by atoms with van der Waals surface area (Å²) in [5.74, 6) is -0.559. The minimum atomic E-state index is -0.291. The molecule has 7 heteroatoms. The lowest BCUT2D eigenvalue weighted by Gasteiger charge is -2.23. The van der Waals surface area contributed by atoms with Crippen molar-refractivity contribution in [2.75, 3.05) is 39.4 Å². The maximum Gasteiger partial charge on any atom is 0.267 e. The Hall–Kier alpha value is -2.48. The van der Waals surface area contributed by atoms with Gasteiger partial charge in [0.25, 0.3) is 11.8 Å². The molecule has 0 radical (unpaired) electrons. The summed E-state index contributed by atoms with van der Waals surface area (Å²) < 4.78 is 5.37. The van der Waals surface area contributed by atoms with E-state index in [0.29, 0.717) is 12.1 Å². The molecule has 0 saturated carbocycles. The molecule has 0 spiro atoms. The van der Waals surface area contributed by atoms with E-state index in [-0.39, 0.29) is 17.5 Å². The normalized spacial score (nSPS) is 15.1. The molecule has 1 aliphatic rings. The summed E-state index contributed by atoms with van der Waals surface area (Å²) in [4.78, 5) is 27.7. The molecular formula is C22H28N3O3S+. The van der Waals surface area contributed by atoms with Crippen molar-refractivity contribution in [1.82, 2.24) is 10.6 Å². The first-order valence-electron chi connectivity index (χ1n) is 9.94. The number of hydrogen-bond acceptors (Lipinski definition) is 4. The second kappa shape index (κ2) is 10.9. The molecule has 2 amide bonds. The topological polar surface area (TPSA) is 71.9 Å². The number of quaternary nitrogens is 1. The maximum absolute atomic E-state index is 12.7. The summed E-state index contributed by atoms with van der Waals surface area (Å²) in [6.45, 7) is 7.19. The van der Waals surface area contributed by atoms with Crippen molar-refractivity contribution in [3.63, 3.8) is 0 Å². The first-order chi connectivity index (χ1) is 14.1. The van der Waals surface area contributed by atoms with Gasteiger partial charge in [0.15, 0.2) is 0 Å². The van der Waals surface area contributed by atoms with Crippen LogP contribution in [0.1, 0.15) is 27.2 Å². The van der Waals surface area contributed by atoms with Gasteiger partial charge in [-0.2, -0.15) is 0 Å². The van der Waals surface area contributed by atoms with Crippen molar-refractivity contribution >= 4 is 29.2 Å². The van der Waals surface area contributed by atoms with E-state index in [1.54, 1.807) is 18.2 Å². The standard InChI is InChI=1S/C22H27N3O3S/c1-17-5-7-18(8-6-17)21(26)24-20(16-19-4-2-15-29-19)22(27)23-9-3-10-25-11-13-28-14-12-25/h2,4-8,15-16H,3,9-14H2,1H3,(H,23,27)(H,24,26)/p+1/b20-16-. The lowest BCUT2D eigenvalue weighted by Crippen LogP contribution is -3.14. The van der Waals surface area contributed by atoms with Gasteiger partial charge in [-0.25, -0.2) is 0 Å². The van der Waals surface area contributed by atoms with Crippen LogP contribution in [-0.4, -0.2) is 51.2 Å². The minimum absolute atomic E-state index is 0.261. The number of morpholine rings is 1. The Balaban J connectivity index is 1.58. The largest absolute Gasteiger partial charge is 0.370 e. The minimum Gasteiger partial charge on any atom is -0.370 e. The molecule has 0 unspecified atom stereocenters. The van der Waals surface area contributed by atoms with E-state index < -0.39 is 0 Å². The van der Waals surface area contributed by atoms with Gasteiger partial charge in [-0.05, 0) is 36.6 Å². The number of carbonyl (C=O) groups is 2. The van der Waals surface area contributed by atoms with Crippen LogP contribution in [0.3, 0.4) is 0 Å². The summed E-state index contributed by atoms with van der Waals surface area (Å²) in [5.41, 5.74) is 1.86. The summed E-state index contributed by atoms with van der Waals surface area (Å²) in [5, 5.41) is 7.65. The van der Waals surface area contributed by atoms with E-state index in [2.05, 4.69) is 10.6 Å². The van der Waals surface area contributed by atoms with Gasteiger partial charge in [-0.3, -0.25) is 9.59 Å². The molecule has 0 bridgehead atoms. The molecule has 154 valence electrons. The smallest absolute Gasteiger partial charge is 0.267 e. The summed E-state index contributed by atoms with van der Waals surface area (Å²) >= 11 is 1.52. The molecule has 0 aliphatic carbocycles. The predicted octanol–water partition coefficient (Wildman–Crippen LogP) is 1.25. The number of thiophene rings is 1. The van der Waals surface area contributed by atoms with Gasteiger partial charge in [-0.1, -0.05) is 23.8 Å². The average Bonchev–Trinajstić information content (AvgIpc) is 3.25. The van der Waals surface area contributed by atoms with Gasteiger partial charge in [-0.15, -0.1) is 11.3 Å². The zero-order chi connectivity index (χ0) is 20.5. The van der Waals surface area contributed by atoms with Crippen LogP contribution >= 0.6 is 11.3 Å². The van der Waals surface area contributed by atoms with Gasteiger partial charge < -0.3 is 20.3 Å². The van der Waals surface area contributed by atoms with Crippen molar-refractivity contribution in [3.8, 4) is 0 Å². The third kappa shape index (κ3) is 6.81. The highest BCUT2D eigenvalue weighted by molar-refractivity contribution is 7.10. The lowest BCUT2D eigenvalue weighted by atomic mass is 10.1. The molecule has 1 saturated heterocycles. The molecule has 3 N–H and O–H groups in total. The van der Waals surface area contributed by atoms with Gasteiger partial charge in [0, 0.05) is 23.4 Å². The fourth-order valence-corrected chi connectivity index (χ4v) is 3.78. The van der Waals surface area contributed by atoms with Gasteiger partial charge >= 0.3 is 0 Å². The van der Waals surface area contributed by atoms with Gasteiger partial charge in [0.2, 0.25) is 0 Å². The summed E-state index contributed by atoms with van der Waals surface area (Å²) in [7, 11) is 0. The SMILES string of the molecule is Cc1ccc(C(=O)N/C(=C\c2cccs2)C(=O)NCCC[NH+]2CCOCC2)cc1. The highest BCUT2D eigenvalue weighted by atomic mass is 32.1. The quantitative estimate of drug-likeness (QED) is 0.450. The fourth-order valence-electron chi connectivity index (χ4n) is 3.12. The molecular weight excluding hydrogens is 386 g/mol. The summed E-state index contributed by atoms with van der Waals surface area (Å²) in [6.07, 6.45) is 2.61. The second-order valence-corrected chi connectivity index (χ2v) is 8.09. The Morgan fingerprint density at radius 3 is 2.62 bits per heavy atom. The number of amides is 2. The Kier molecular flexibility index (Phi) is 7.98. The van der Waals surface area contributed by atoms with E-state index >= 15 is 0 Å². The predicted molar refractivity (Wildman–Crippen MR) is 115 cm³/mol. The van der Waals surface area contributed by atoms with Crippen LogP contribution in [0.4, 0.5) is 0 Å². The summed E-state index contributed by atoms with van der Waals surface area (Å²) in [6, 6.07) is 11.1. The Morgan fingerprint density at radius 1 is 1.17 bits per heavy atom. The Labute approximate surface area is 175 Å². The monoisotopic (exact) mass is 414 g/mol. The van der Waals surface area contributed by atoms with Crippen LogP contribution in [0.5, 0.6) is 0 Å². The van der Waals surface area contributed by atoms with E-state index in [1.165, 1.54) is 16.2 Å². The van der Waals surface area contributed by atoms with Gasteiger partial charge in [0.05, 0.1) is 19.8 Å². The van der Waals surface area contributed by atoms with Crippen LogP contribution in [0, 0.1) is 6.92 Å². The molecule has 1 aliphatic heterocycles. The second-order valence-electron chi connectivity index (χ2n) is 7.12. The molecule has 29 heavy (non-hydrogen) atoms. The van der Waals surface area contributed by atoms with Crippen LogP contribution in [0.2, 0.25) is 0 Å². The van der Waals surface area contributed by atoms with E-state index in [1.807, 2.05) is 36.6 Å². The van der Waals surface area contributed by atoms with Crippen LogP contribution < -0.4 is 15.5 Å². The first kappa shape index (κ1) is 21.2. The molecule has 2 heterocycles. The lowest BCUT2D eigenvalue weighted by molar-refractivity contribution is -0.908. The number of hydrogen-bond donors (Lipinski definition) is 3. The number of rotatable bonds is 8. The Morgan fingerprint density at radius 2 is 1.93 bits per heavy atom. The van der Waals surface area contributed by atoms with Crippen LogP contribution in [0.15, 0.2) is 47.5 Å². The molecule has 2 aromatic rings. The van der Waals surface area contributed by atoms with Gasteiger partial charge in [0.1, 0.15) is 18.8 Å². The first-order valence-corrected chi connectivity index (χ1v) is 10.8. The number of ether oxygens (including phenoxy) is 1. The molecule has 1 aromatic carbocycles. The van der Waals surface area contributed by atoms with Crippen molar-refractivity contribution in [2.45, 2.75) is 13.3 Å². The van der Waals surface area contributed by atoms with Crippen molar-refractivity contribution in [3.05, 3.63) is 63.5 Å². The molecule has 1 aromatic heterocycles.